The van der Waals surface area contributed by atoms with Gasteiger partial charge in [0.15, 0.2) is 0 Å². The lowest BCUT2D eigenvalue weighted by atomic mass is 10.1. The number of Topliss-reactive ketones (excluding diaryl/α,β-unsaturated/α-hetero) is 1. The van der Waals surface area contributed by atoms with Gasteiger partial charge in [-0.25, -0.2) is 0 Å². The molecule has 0 bridgehead atoms. The van der Waals surface area contributed by atoms with Gasteiger partial charge in [0.2, 0.25) is 5.78 Å². The van der Waals surface area contributed by atoms with E-state index in [1.807, 2.05) is 6.07 Å². The lowest BCUT2D eigenvalue weighted by Crippen LogP contribution is -2.36. The van der Waals surface area contributed by atoms with E-state index < -0.39 is 0 Å². The van der Waals surface area contributed by atoms with Crippen LogP contribution in [0.15, 0.2) is 24.4 Å². The number of nitrogens with one attached hydrogen (secondary N) is 1. The van der Waals surface area contributed by atoms with E-state index >= 15 is 0 Å². The number of carbonyl (C=O) groups is 1. The SMILES string of the molecule is O=C(CO[C@@H]1CCCNC1)c1ccccn1. The maximum Gasteiger partial charge on any atom is 0.206 e. The predicted molar refractivity (Wildman–Crippen MR) is 60.4 cm³/mol. The molecule has 2 heterocycles. The molecule has 1 aliphatic rings. The summed E-state index contributed by atoms with van der Waals surface area (Å²) in [5.74, 6) is -0.0498. The Morgan fingerprint density at radius 1 is 1.56 bits per heavy atom. The van der Waals surface area contributed by atoms with Crippen LogP contribution in [0, 0.1) is 0 Å². The van der Waals surface area contributed by atoms with Crippen LogP contribution in [0.4, 0.5) is 0 Å². The Morgan fingerprint density at radius 2 is 2.50 bits per heavy atom. The summed E-state index contributed by atoms with van der Waals surface area (Å²) >= 11 is 0. The molecule has 1 N–H and O–H groups in total. The monoisotopic (exact) mass is 220 g/mol. The molecular formula is C12H16N2O2. The standard InChI is InChI=1S/C12H16N2O2/c15-12(11-5-1-2-7-14-11)9-16-10-4-3-6-13-8-10/h1-2,5,7,10,13H,3-4,6,8-9H2/t10-/m1/s1. The molecule has 0 spiro atoms. The van der Waals surface area contributed by atoms with Crippen molar-refractivity contribution in [1.29, 1.82) is 0 Å². The number of carbonyl (C=O) groups excluding carboxylic acids is 1. The molecule has 1 fully saturated rings. The van der Waals surface area contributed by atoms with Crippen LogP contribution in [0.5, 0.6) is 0 Å². The lowest BCUT2D eigenvalue weighted by Gasteiger charge is -2.22. The van der Waals surface area contributed by atoms with Gasteiger partial charge in [0, 0.05) is 12.7 Å². The highest BCUT2D eigenvalue weighted by Crippen LogP contribution is 2.06. The molecule has 4 nitrogen and oxygen atoms in total. The Labute approximate surface area is 95.0 Å². The lowest BCUT2D eigenvalue weighted by molar-refractivity contribution is 0.0344. The zero-order chi connectivity index (χ0) is 11.2. The van der Waals surface area contributed by atoms with Crippen molar-refractivity contribution in [2.24, 2.45) is 0 Å². The van der Waals surface area contributed by atoms with Gasteiger partial charge in [-0.2, -0.15) is 0 Å². The molecule has 0 radical (unpaired) electrons. The van der Waals surface area contributed by atoms with Crippen molar-refractivity contribution in [3.05, 3.63) is 30.1 Å². The summed E-state index contributed by atoms with van der Waals surface area (Å²) in [7, 11) is 0. The van der Waals surface area contributed by atoms with Crippen LogP contribution in [0.3, 0.4) is 0 Å². The third-order valence-corrected chi connectivity index (χ3v) is 2.65. The van der Waals surface area contributed by atoms with Crippen molar-refractivity contribution in [3.8, 4) is 0 Å². The van der Waals surface area contributed by atoms with Crippen molar-refractivity contribution in [1.82, 2.24) is 10.3 Å². The molecule has 0 amide bonds. The fourth-order valence-electron chi connectivity index (χ4n) is 1.76. The van der Waals surface area contributed by atoms with Crippen LogP contribution in [-0.4, -0.2) is 36.6 Å². The average Bonchev–Trinajstić information content (AvgIpc) is 2.38. The second kappa shape index (κ2) is 5.72. The van der Waals surface area contributed by atoms with E-state index in [1.165, 1.54) is 0 Å². The summed E-state index contributed by atoms with van der Waals surface area (Å²) in [6.07, 6.45) is 3.93. The normalized spacial score (nSPS) is 20.6. The van der Waals surface area contributed by atoms with Crippen molar-refractivity contribution in [2.75, 3.05) is 19.7 Å². The fraction of sp³-hybridized carbons (Fsp3) is 0.500. The van der Waals surface area contributed by atoms with E-state index in [-0.39, 0.29) is 18.5 Å². The van der Waals surface area contributed by atoms with Gasteiger partial charge >= 0.3 is 0 Å². The van der Waals surface area contributed by atoms with Crippen LogP contribution in [-0.2, 0) is 4.74 Å². The molecule has 16 heavy (non-hydrogen) atoms. The molecule has 2 rings (SSSR count). The van der Waals surface area contributed by atoms with E-state index in [2.05, 4.69) is 10.3 Å². The van der Waals surface area contributed by atoms with Crippen LogP contribution in [0.1, 0.15) is 23.3 Å². The number of rotatable bonds is 4. The molecule has 1 aliphatic heterocycles. The van der Waals surface area contributed by atoms with Crippen molar-refractivity contribution >= 4 is 5.78 Å². The Morgan fingerprint density at radius 3 is 3.19 bits per heavy atom. The first kappa shape index (κ1) is 11.2. The topological polar surface area (TPSA) is 51.2 Å². The molecule has 0 aromatic carbocycles. The van der Waals surface area contributed by atoms with Crippen LogP contribution >= 0.6 is 0 Å². The number of pyridine rings is 1. The van der Waals surface area contributed by atoms with Crippen LogP contribution < -0.4 is 5.32 Å². The quantitative estimate of drug-likeness (QED) is 0.770. The zero-order valence-corrected chi connectivity index (χ0v) is 9.19. The number of piperidine rings is 1. The van der Waals surface area contributed by atoms with E-state index in [1.54, 1.807) is 18.3 Å². The molecule has 0 unspecified atom stereocenters. The summed E-state index contributed by atoms with van der Waals surface area (Å²) in [5.41, 5.74) is 0.478. The number of aromatic nitrogens is 1. The second-order valence-corrected chi connectivity index (χ2v) is 3.92. The number of nitrogens with zero attached hydrogens (tertiary/aromatic N) is 1. The molecule has 0 aliphatic carbocycles. The first-order valence-electron chi connectivity index (χ1n) is 5.63. The van der Waals surface area contributed by atoms with Crippen LogP contribution in [0.25, 0.3) is 0 Å². The van der Waals surface area contributed by atoms with E-state index in [4.69, 9.17) is 4.74 Å². The Kier molecular flexibility index (Phi) is 4.02. The highest BCUT2D eigenvalue weighted by molar-refractivity contribution is 5.95. The summed E-state index contributed by atoms with van der Waals surface area (Å²) in [4.78, 5) is 15.7. The molecule has 1 atom stereocenters. The van der Waals surface area contributed by atoms with Gasteiger partial charge in [-0.1, -0.05) is 6.07 Å². The maximum atomic E-state index is 11.7. The minimum absolute atomic E-state index is 0.0498. The highest BCUT2D eigenvalue weighted by atomic mass is 16.5. The van der Waals surface area contributed by atoms with Gasteiger partial charge in [-0.05, 0) is 31.5 Å². The molecule has 1 aromatic heterocycles. The first-order valence-corrected chi connectivity index (χ1v) is 5.63. The van der Waals surface area contributed by atoms with Crippen LogP contribution in [0.2, 0.25) is 0 Å². The average molecular weight is 220 g/mol. The molecular weight excluding hydrogens is 204 g/mol. The number of ether oxygens (including phenoxy) is 1. The van der Waals surface area contributed by atoms with Gasteiger partial charge in [0.1, 0.15) is 12.3 Å². The van der Waals surface area contributed by atoms with Gasteiger partial charge < -0.3 is 10.1 Å². The van der Waals surface area contributed by atoms with Gasteiger partial charge in [-0.15, -0.1) is 0 Å². The minimum Gasteiger partial charge on any atom is -0.369 e. The summed E-state index contributed by atoms with van der Waals surface area (Å²) in [5, 5.41) is 3.25. The number of ketones is 1. The summed E-state index contributed by atoms with van der Waals surface area (Å²) in [6, 6.07) is 5.32. The Bertz CT molecular complexity index is 334. The molecule has 4 heteroatoms. The number of hydrogen-bond donors (Lipinski definition) is 1. The summed E-state index contributed by atoms with van der Waals surface area (Å²) < 4.78 is 5.55. The predicted octanol–water partition coefficient (Wildman–Crippen LogP) is 1.03. The zero-order valence-electron chi connectivity index (χ0n) is 9.19. The summed E-state index contributed by atoms with van der Waals surface area (Å²) in [6.45, 7) is 2.02. The largest absolute Gasteiger partial charge is 0.369 e. The van der Waals surface area contributed by atoms with E-state index in [9.17, 15) is 4.79 Å². The van der Waals surface area contributed by atoms with Crippen molar-refractivity contribution in [2.45, 2.75) is 18.9 Å². The van der Waals surface area contributed by atoms with E-state index in [0.717, 1.165) is 25.9 Å². The Hall–Kier alpha value is -1.26. The first-order chi connectivity index (χ1) is 7.86. The van der Waals surface area contributed by atoms with Gasteiger partial charge in [0.05, 0.1) is 6.10 Å². The van der Waals surface area contributed by atoms with E-state index in [0.29, 0.717) is 5.69 Å². The minimum atomic E-state index is -0.0498. The second-order valence-electron chi connectivity index (χ2n) is 3.92. The fourth-order valence-corrected chi connectivity index (χ4v) is 1.76. The molecule has 1 saturated heterocycles. The van der Waals surface area contributed by atoms with Crippen molar-refractivity contribution in [3.63, 3.8) is 0 Å². The van der Waals surface area contributed by atoms with Crippen molar-refractivity contribution < 1.29 is 9.53 Å². The van der Waals surface area contributed by atoms with Gasteiger partial charge in [0.25, 0.3) is 0 Å². The third-order valence-electron chi connectivity index (χ3n) is 2.65. The molecule has 1 aromatic rings. The Balaban J connectivity index is 1.79. The van der Waals surface area contributed by atoms with Gasteiger partial charge in [-0.3, -0.25) is 9.78 Å². The molecule has 86 valence electrons. The maximum absolute atomic E-state index is 11.7. The number of hydrogen-bond acceptors (Lipinski definition) is 4. The molecule has 0 saturated carbocycles. The highest BCUT2D eigenvalue weighted by Gasteiger charge is 2.15. The smallest absolute Gasteiger partial charge is 0.206 e. The third kappa shape index (κ3) is 3.12.